The highest BCUT2D eigenvalue weighted by atomic mass is 32.2. The van der Waals surface area contributed by atoms with Gasteiger partial charge in [-0.25, -0.2) is 17.7 Å². The molecule has 2 N–H and O–H groups in total. The summed E-state index contributed by atoms with van der Waals surface area (Å²) in [6.45, 7) is 5.11. The van der Waals surface area contributed by atoms with Crippen LogP contribution in [-0.4, -0.2) is 20.0 Å². The number of nitrogens with one attached hydrogen (secondary N) is 1. The smallest absolute Gasteiger partial charge is 0.305 e. The minimum atomic E-state index is -1.57. The lowest BCUT2D eigenvalue weighted by atomic mass is 10.0. The van der Waals surface area contributed by atoms with Crippen molar-refractivity contribution in [1.29, 1.82) is 0 Å². The molecular weight excluding hydrogens is 288 g/mol. The van der Waals surface area contributed by atoms with E-state index in [4.69, 9.17) is 5.11 Å². The highest BCUT2D eigenvalue weighted by molar-refractivity contribution is 7.84. The third kappa shape index (κ3) is 4.64. The third-order valence-electron chi connectivity index (χ3n) is 2.52. The van der Waals surface area contributed by atoms with Crippen LogP contribution >= 0.6 is 0 Å². The number of carboxylic acid groups (broad SMARTS) is 1. The van der Waals surface area contributed by atoms with Crippen LogP contribution in [0.1, 0.15) is 38.8 Å². The standard InChI is InChI=1S/C13H17F2NO3S/c1-13(2,3)20(19)16-11(7-12(17)18)9-5-4-8(14)6-10(9)15/h4-6,11,16H,7H2,1-3H3,(H,17,18)/t11-,20?/m0/s1. The summed E-state index contributed by atoms with van der Waals surface area (Å²) < 4.78 is 40.6. The Morgan fingerprint density at radius 1 is 1.40 bits per heavy atom. The van der Waals surface area contributed by atoms with Gasteiger partial charge < -0.3 is 5.11 Å². The van der Waals surface area contributed by atoms with Gasteiger partial charge in [-0.15, -0.1) is 0 Å². The Bertz CT molecular complexity index is 529. The molecule has 0 aliphatic heterocycles. The fraction of sp³-hybridized carbons (Fsp3) is 0.462. The molecule has 0 amide bonds. The molecule has 0 spiro atoms. The van der Waals surface area contributed by atoms with Gasteiger partial charge in [0.2, 0.25) is 0 Å². The molecule has 0 saturated heterocycles. The van der Waals surface area contributed by atoms with Crippen molar-refractivity contribution < 1.29 is 22.9 Å². The minimum absolute atomic E-state index is 0.0219. The Balaban J connectivity index is 3.06. The Kier molecular flexibility index (Phi) is 5.35. The van der Waals surface area contributed by atoms with Crippen LogP contribution in [0.3, 0.4) is 0 Å². The average Bonchev–Trinajstić information content (AvgIpc) is 2.26. The normalized spacial score (nSPS) is 14.8. The van der Waals surface area contributed by atoms with Crippen molar-refractivity contribution in [2.45, 2.75) is 38.0 Å². The number of hydrogen-bond acceptors (Lipinski definition) is 2. The van der Waals surface area contributed by atoms with Crippen molar-refractivity contribution in [2.75, 3.05) is 0 Å². The van der Waals surface area contributed by atoms with Crippen LogP contribution in [0.4, 0.5) is 8.78 Å². The summed E-state index contributed by atoms with van der Waals surface area (Å²) in [5.74, 6) is -2.79. The van der Waals surface area contributed by atoms with Crippen molar-refractivity contribution >= 4 is 17.0 Å². The van der Waals surface area contributed by atoms with E-state index in [0.29, 0.717) is 6.07 Å². The predicted octanol–water partition coefficient (Wildman–Crippen LogP) is 2.53. The van der Waals surface area contributed by atoms with Crippen LogP contribution in [0.25, 0.3) is 0 Å². The average molecular weight is 305 g/mol. The molecule has 0 saturated carbocycles. The molecule has 1 unspecified atom stereocenters. The maximum atomic E-state index is 13.7. The molecule has 2 atom stereocenters. The molecule has 0 aliphatic rings. The first kappa shape index (κ1) is 16.7. The van der Waals surface area contributed by atoms with Gasteiger partial charge in [-0.1, -0.05) is 6.07 Å². The summed E-state index contributed by atoms with van der Waals surface area (Å²) in [6.07, 6.45) is -0.454. The predicted molar refractivity (Wildman–Crippen MR) is 72.4 cm³/mol. The highest BCUT2D eigenvalue weighted by Gasteiger charge is 2.26. The molecule has 112 valence electrons. The summed E-state index contributed by atoms with van der Waals surface area (Å²) in [5.41, 5.74) is -0.0219. The molecule has 7 heteroatoms. The van der Waals surface area contributed by atoms with E-state index in [1.165, 1.54) is 0 Å². The minimum Gasteiger partial charge on any atom is -0.481 e. The van der Waals surface area contributed by atoms with Crippen molar-refractivity contribution in [3.63, 3.8) is 0 Å². The molecule has 20 heavy (non-hydrogen) atoms. The van der Waals surface area contributed by atoms with Crippen LogP contribution in [-0.2, 0) is 15.8 Å². The monoisotopic (exact) mass is 305 g/mol. The first-order valence-corrected chi connectivity index (χ1v) is 7.11. The van der Waals surface area contributed by atoms with E-state index in [-0.39, 0.29) is 5.56 Å². The molecule has 1 rings (SSSR count). The first-order chi connectivity index (χ1) is 9.11. The molecule has 0 heterocycles. The topological polar surface area (TPSA) is 66.4 Å². The van der Waals surface area contributed by atoms with E-state index in [1.807, 2.05) is 0 Å². The largest absolute Gasteiger partial charge is 0.481 e. The SMILES string of the molecule is CC(C)(C)S(=O)N[C@@H](CC(=O)O)c1ccc(F)cc1F. The second-order valence-electron chi connectivity index (χ2n) is 5.32. The Morgan fingerprint density at radius 3 is 2.45 bits per heavy atom. The van der Waals surface area contributed by atoms with Gasteiger partial charge in [0.25, 0.3) is 0 Å². The van der Waals surface area contributed by atoms with Gasteiger partial charge in [0.15, 0.2) is 0 Å². The van der Waals surface area contributed by atoms with Gasteiger partial charge in [0.05, 0.1) is 28.2 Å². The summed E-state index contributed by atoms with van der Waals surface area (Å²) in [4.78, 5) is 10.9. The van der Waals surface area contributed by atoms with Gasteiger partial charge in [-0.2, -0.15) is 0 Å². The van der Waals surface area contributed by atoms with Crippen LogP contribution in [0.2, 0.25) is 0 Å². The van der Waals surface area contributed by atoms with Crippen LogP contribution < -0.4 is 4.72 Å². The van der Waals surface area contributed by atoms with Crippen LogP contribution in [0, 0.1) is 11.6 Å². The fourth-order valence-corrected chi connectivity index (χ4v) is 2.30. The van der Waals surface area contributed by atoms with Gasteiger partial charge in [-0.3, -0.25) is 4.79 Å². The number of benzene rings is 1. The molecule has 0 fully saturated rings. The zero-order valence-electron chi connectivity index (χ0n) is 11.4. The van der Waals surface area contributed by atoms with Crippen molar-refractivity contribution in [3.8, 4) is 0 Å². The molecule has 0 bridgehead atoms. The third-order valence-corrected chi connectivity index (χ3v) is 4.13. The molecule has 0 aliphatic carbocycles. The highest BCUT2D eigenvalue weighted by Crippen LogP contribution is 2.23. The lowest BCUT2D eigenvalue weighted by Crippen LogP contribution is -2.36. The summed E-state index contributed by atoms with van der Waals surface area (Å²) in [6, 6.07) is 1.87. The molecule has 0 aromatic heterocycles. The molecule has 1 aromatic rings. The van der Waals surface area contributed by atoms with E-state index in [2.05, 4.69) is 4.72 Å². The van der Waals surface area contributed by atoms with Gasteiger partial charge >= 0.3 is 5.97 Å². The van der Waals surface area contributed by atoms with Crippen molar-refractivity contribution in [3.05, 3.63) is 35.4 Å². The zero-order chi connectivity index (χ0) is 15.5. The molecule has 0 radical (unpaired) electrons. The molecule has 4 nitrogen and oxygen atoms in total. The lowest BCUT2D eigenvalue weighted by Gasteiger charge is -2.24. The zero-order valence-corrected chi connectivity index (χ0v) is 12.3. The molecular formula is C13H17F2NO3S. The number of carbonyl (C=O) groups is 1. The number of aliphatic carboxylic acids is 1. The summed E-state index contributed by atoms with van der Waals surface area (Å²) >= 11 is 0. The number of hydrogen-bond donors (Lipinski definition) is 2. The Morgan fingerprint density at radius 2 is 2.00 bits per heavy atom. The van der Waals surface area contributed by atoms with Crippen molar-refractivity contribution in [1.82, 2.24) is 4.72 Å². The van der Waals surface area contributed by atoms with Gasteiger partial charge in [0, 0.05) is 11.6 Å². The van der Waals surface area contributed by atoms with E-state index >= 15 is 0 Å². The second-order valence-corrected chi connectivity index (χ2v) is 7.31. The number of carboxylic acids is 1. The molecule has 1 aromatic carbocycles. The maximum absolute atomic E-state index is 13.7. The lowest BCUT2D eigenvalue weighted by molar-refractivity contribution is -0.137. The van der Waals surface area contributed by atoms with E-state index in [1.54, 1.807) is 20.8 Å². The van der Waals surface area contributed by atoms with E-state index < -0.39 is 45.8 Å². The first-order valence-electron chi connectivity index (χ1n) is 5.96. The Hall–Kier alpha value is -1.34. The van der Waals surface area contributed by atoms with Gasteiger partial charge in [-0.05, 0) is 26.8 Å². The van der Waals surface area contributed by atoms with Gasteiger partial charge in [0.1, 0.15) is 11.6 Å². The van der Waals surface area contributed by atoms with Crippen molar-refractivity contribution in [2.24, 2.45) is 0 Å². The number of rotatable bonds is 5. The van der Waals surface area contributed by atoms with Crippen LogP contribution in [0.15, 0.2) is 18.2 Å². The van der Waals surface area contributed by atoms with Crippen LogP contribution in [0.5, 0.6) is 0 Å². The fourth-order valence-electron chi connectivity index (χ4n) is 1.48. The van der Waals surface area contributed by atoms with E-state index in [9.17, 15) is 17.8 Å². The summed E-state index contributed by atoms with van der Waals surface area (Å²) in [5, 5.41) is 8.87. The number of halogens is 2. The quantitative estimate of drug-likeness (QED) is 0.878. The Labute approximate surface area is 118 Å². The second kappa shape index (κ2) is 6.41. The van der Waals surface area contributed by atoms with E-state index in [0.717, 1.165) is 12.1 Å². The summed E-state index contributed by atoms with van der Waals surface area (Å²) in [7, 11) is -1.57. The maximum Gasteiger partial charge on any atom is 0.305 e.